The fraction of sp³-hybridized carbons (Fsp3) is 0.667. The molecule has 0 aliphatic heterocycles. The van der Waals surface area contributed by atoms with E-state index in [9.17, 15) is 43.9 Å². The highest BCUT2D eigenvalue weighted by atomic mass is 19.4. The number of halogens is 10. The van der Waals surface area contributed by atoms with Gasteiger partial charge in [0.15, 0.2) is 0 Å². The van der Waals surface area contributed by atoms with Crippen molar-refractivity contribution in [3.05, 3.63) is 12.4 Å². The molecule has 0 aromatic rings. The molecule has 0 aromatic heterocycles. The normalized spacial score (nSPS) is 18.9. The van der Waals surface area contributed by atoms with Gasteiger partial charge in [-0.3, -0.25) is 0 Å². The van der Waals surface area contributed by atoms with Crippen molar-refractivity contribution in [2.45, 2.75) is 23.9 Å². The average Bonchev–Trinajstić information content (AvgIpc) is 1.99. The first-order valence-corrected chi connectivity index (χ1v) is 3.29. The number of rotatable bonds is 2. The lowest BCUT2D eigenvalue weighted by Crippen LogP contribution is -2.60. The second-order valence-corrected chi connectivity index (χ2v) is 2.57. The van der Waals surface area contributed by atoms with Crippen molar-refractivity contribution in [2.75, 3.05) is 0 Å². The molecule has 0 spiro atoms. The van der Waals surface area contributed by atoms with E-state index in [0.29, 0.717) is 0 Å². The van der Waals surface area contributed by atoms with E-state index in [1.807, 2.05) is 0 Å². The van der Waals surface area contributed by atoms with Crippen LogP contribution in [-0.4, -0.2) is 23.9 Å². The molecule has 0 saturated carbocycles. The predicted octanol–water partition coefficient (Wildman–Crippen LogP) is 3.94. The van der Waals surface area contributed by atoms with Crippen LogP contribution in [0, 0.1) is 0 Å². The van der Waals surface area contributed by atoms with Gasteiger partial charge < -0.3 is 0 Å². The van der Waals surface area contributed by atoms with Crippen LogP contribution in [-0.2, 0) is 0 Å². The molecule has 0 aliphatic carbocycles. The molecule has 0 aliphatic rings. The smallest absolute Gasteiger partial charge is 0.222 e. The SMILES string of the molecule is F/C=C\C(F)(C(F)(F)F)C(F)(F)C(F)(F)F. The highest BCUT2D eigenvalue weighted by Crippen LogP contribution is 2.53. The van der Waals surface area contributed by atoms with Crippen molar-refractivity contribution in [3.63, 3.8) is 0 Å². The van der Waals surface area contributed by atoms with Crippen LogP contribution in [0.5, 0.6) is 0 Å². The van der Waals surface area contributed by atoms with Gasteiger partial charge in [0.2, 0.25) is 0 Å². The number of alkyl halides is 9. The van der Waals surface area contributed by atoms with Gasteiger partial charge in [0.1, 0.15) is 0 Å². The van der Waals surface area contributed by atoms with E-state index in [-0.39, 0.29) is 0 Å². The summed E-state index contributed by atoms with van der Waals surface area (Å²) in [6, 6.07) is 0. The molecule has 0 heterocycles. The average molecular weight is 264 g/mol. The second kappa shape index (κ2) is 3.81. The summed E-state index contributed by atoms with van der Waals surface area (Å²) in [5, 5.41) is 0. The van der Waals surface area contributed by atoms with Crippen molar-refractivity contribution in [3.8, 4) is 0 Å². The van der Waals surface area contributed by atoms with Crippen LogP contribution in [0.4, 0.5) is 43.9 Å². The number of hydrogen-bond donors (Lipinski definition) is 0. The highest BCUT2D eigenvalue weighted by Gasteiger charge is 2.80. The zero-order valence-electron chi connectivity index (χ0n) is 6.93. The van der Waals surface area contributed by atoms with Gasteiger partial charge in [0, 0.05) is 0 Å². The van der Waals surface area contributed by atoms with Crippen LogP contribution in [0.2, 0.25) is 0 Å². The summed E-state index contributed by atoms with van der Waals surface area (Å²) in [6.07, 6.45) is -16.3. The molecule has 0 bridgehead atoms. The summed E-state index contributed by atoms with van der Waals surface area (Å²) in [6.45, 7) is 0. The summed E-state index contributed by atoms with van der Waals surface area (Å²) in [5.41, 5.74) is -6.15. The molecule has 0 nitrogen and oxygen atoms in total. The third-order valence-corrected chi connectivity index (χ3v) is 1.52. The van der Waals surface area contributed by atoms with Crippen molar-refractivity contribution in [1.82, 2.24) is 0 Å². The molecule has 0 saturated heterocycles. The van der Waals surface area contributed by atoms with Gasteiger partial charge >= 0.3 is 18.3 Å². The van der Waals surface area contributed by atoms with E-state index in [4.69, 9.17) is 0 Å². The molecule has 0 rings (SSSR count). The van der Waals surface area contributed by atoms with Gasteiger partial charge in [-0.15, -0.1) is 0 Å². The molecule has 0 fully saturated rings. The molecule has 0 amide bonds. The standard InChI is InChI=1S/C6H2F10/c7-2-1-3(8,5(11,12)13)4(9,10)6(14,15)16/h1-2H/b2-1-. The minimum absolute atomic E-state index is 1.37. The Labute approximate surface area is 81.5 Å². The van der Waals surface area contributed by atoms with Crippen LogP contribution in [0.25, 0.3) is 0 Å². The van der Waals surface area contributed by atoms with Crippen molar-refractivity contribution >= 4 is 0 Å². The molecule has 0 aromatic carbocycles. The molecular formula is C6H2F10. The number of hydrogen-bond acceptors (Lipinski definition) is 0. The Morgan fingerprint density at radius 2 is 1.00 bits per heavy atom. The van der Waals surface area contributed by atoms with Crippen LogP contribution < -0.4 is 0 Å². The minimum Gasteiger partial charge on any atom is -0.222 e. The first-order valence-electron chi connectivity index (χ1n) is 3.29. The molecular weight excluding hydrogens is 262 g/mol. The van der Waals surface area contributed by atoms with E-state index < -0.39 is 36.3 Å². The Balaban J connectivity index is 5.74. The van der Waals surface area contributed by atoms with Crippen molar-refractivity contribution in [1.29, 1.82) is 0 Å². The van der Waals surface area contributed by atoms with Crippen molar-refractivity contribution in [2.24, 2.45) is 0 Å². The Morgan fingerprint density at radius 3 is 1.19 bits per heavy atom. The van der Waals surface area contributed by atoms with E-state index in [2.05, 4.69) is 0 Å². The monoisotopic (exact) mass is 264 g/mol. The van der Waals surface area contributed by atoms with Crippen LogP contribution in [0.15, 0.2) is 12.4 Å². The van der Waals surface area contributed by atoms with Crippen LogP contribution in [0.1, 0.15) is 0 Å². The van der Waals surface area contributed by atoms with Gasteiger partial charge in [-0.25, -0.2) is 8.78 Å². The Kier molecular flexibility index (Phi) is 3.58. The second-order valence-electron chi connectivity index (χ2n) is 2.57. The summed E-state index contributed by atoms with van der Waals surface area (Å²) in [7, 11) is 0. The minimum atomic E-state index is -6.81. The molecule has 96 valence electrons. The summed E-state index contributed by atoms with van der Waals surface area (Å²) < 4.78 is 118. The third-order valence-electron chi connectivity index (χ3n) is 1.52. The van der Waals surface area contributed by atoms with E-state index in [1.165, 1.54) is 0 Å². The maximum atomic E-state index is 12.7. The highest BCUT2D eigenvalue weighted by molar-refractivity contribution is 5.14. The van der Waals surface area contributed by atoms with Gasteiger partial charge in [0.25, 0.3) is 5.67 Å². The van der Waals surface area contributed by atoms with E-state index in [0.717, 1.165) is 0 Å². The van der Waals surface area contributed by atoms with Gasteiger partial charge in [-0.05, 0) is 6.08 Å². The summed E-state index contributed by atoms with van der Waals surface area (Å²) >= 11 is 0. The zero-order chi connectivity index (χ0) is 13.4. The maximum absolute atomic E-state index is 12.7. The topological polar surface area (TPSA) is 0 Å². The first-order chi connectivity index (χ1) is 6.81. The quantitative estimate of drug-likeness (QED) is 0.663. The molecule has 0 N–H and O–H groups in total. The Morgan fingerprint density at radius 1 is 0.625 bits per heavy atom. The Hall–Kier alpha value is -0.960. The lowest BCUT2D eigenvalue weighted by Gasteiger charge is -2.33. The lowest BCUT2D eigenvalue weighted by molar-refractivity contribution is -0.369. The fourth-order valence-electron chi connectivity index (χ4n) is 0.670. The molecule has 16 heavy (non-hydrogen) atoms. The van der Waals surface area contributed by atoms with Crippen LogP contribution in [0.3, 0.4) is 0 Å². The van der Waals surface area contributed by atoms with Crippen LogP contribution >= 0.6 is 0 Å². The van der Waals surface area contributed by atoms with Gasteiger partial charge in [-0.1, -0.05) is 0 Å². The van der Waals surface area contributed by atoms with E-state index >= 15 is 0 Å². The lowest BCUT2D eigenvalue weighted by atomic mass is 9.96. The third kappa shape index (κ3) is 2.09. The maximum Gasteiger partial charge on any atom is 0.457 e. The van der Waals surface area contributed by atoms with E-state index in [1.54, 1.807) is 0 Å². The predicted molar refractivity (Wildman–Crippen MR) is 31.1 cm³/mol. The number of allylic oxidation sites excluding steroid dienone is 1. The fourth-order valence-corrected chi connectivity index (χ4v) is 0.670. The largest absolute Gasteiger partial charge is 0.457 e. The molecule has 10 heteroatoms. The van der Waals surface area contributed by atoms with Crippen molar-refractivity contribution < 1.29 is 43.9 Å². The summed E-state index contributed by atoms with van der Waals surface area (Å²) in [5.74, 6) is -6.79. The molecule has 0 radical (unpaired) electrons. The Bertz CT molecular complexity index is 270. The van der Waals surface area contributed by atoms with Gasteiger partial charge in [0.05, 0.1) is 6.33 Å². The summed E-state index contributed by atoms with van der Waals surface area (Å²) in [4.78, 5) is 0. The van der Waals surface area contributed by atoms with Gasteiger partial charge in [-0.2, -0.15) is 35.1 Å². The molecule has 1 atom stereocenters. The molecule has 1 unspecified atom stereocenters. The first kappa shape index (κ1) is 15.0. The zero-order valence-corrected chi connectivity index (χ0v) is 6.93.